The lowest BCUT2D eigenvalue weighted by molar-refractivity contribution is -0.134. The largest absolute Gasteiger partial charge is 0.496 e. The van der Waals surface area contributed by atoms with E-state index in [1.807, 2.05) is 6.92 Å². The van der Waals surface area contributed by atoms with Gasteiger partial charge in [0.15, 0.2) is 0 Å². The summed E-state index contributed by atoms with van der Waals surface area (Å²) in [7, 11) is 6.05. The van der Waals surface area contributed by atoms with Gasteiger partial charge in [-0.25, -0.2) is 0 Å². The number of aryl methyl sites for hydroxylation is 2. The Morgan fingerprint density at radius 3 is 2.50 bits per heavy atom. The number of piperidine rings is 1. The zero-order chi connectivity index (χ0) is 17.3. The number of carbonyl (C=O) groups excluding carboxylic acids is 1. The van der Waals surface area contributed by atoms with Gasteiger partial charge in [0.05, 0.1) is 7.11 Å². The van der Waals surface area contributed by atoms with Crippen LogP contribution in [0.15, 0.2) is 18.2 Å². The Labute approximate surface area is 145 Å². The summed E-state index contributed by atoms with van der Waals surface area (Å²) in [5.74, 6) is 2.53. The molecule has 132 valence electrons. The van der Waals surface area contributed by atoms with Crippen molar-refractivity contribution in [3.05, 3.63) is 29.3 Å². The van der Waals surface area contributed by atoms with Crippen LogP contribution in [0.2, 0.25) is 0 Å². The summed E-state index contributed by atoms with van der Waals surface area (Å²) < 4.78 is 5.38. The van der Waals surface area contributed by atoms with Gasteiger partial charge in [-0.2, -0.15) is 0 Å². The maximum atomic E-state index is 12.7. The lowest BCUT2D eigenvalue weighted by Gasteiger charge is -2.41. The molecule has 1 saturated heterocycles. The highest BCUT2D eigenvalue weighted by Gasteiger charge is 2.43. The second-order valence-electron chi connectivity index (χ2n) is 7.65. The molecule has 1 heterocycles. The molecule has 1 unspecified atom stereocenters. The molecule has 24 heavy (non-hydrogen) atoms. The monoisotopic (exact) mass is 330 g/mol. The van der Waals surface area contributed by atoms with E-state index in [-0.39, 0.29) is 0 Å². The second kappa shape index (κ2) is 7.14. The zero-order valence-electron chi connectivity index (χ0n) is 15.4. The van der Waals surface area contributed by atoms with Gasteiger partial charge in [0.1, 0.15) is 5.75 Å². The van der Waals surface area contributed by atoms with Gasteiger partial charge in [-0.1, -0.05) is 12.1 Å². The maximum absolute atomic E-state index is 12.7. The van der Waals surface area contributed by atoms with Gasteiger partial charge in [-0.15, -0.1) is 0 Å². The van der Waals surface area contributed by atoms with E-state index in [9.17, 15) is 4.79 Å². The third kappa shape index (κ3) is 3.44. The third-order valence-corrected chi connectivity index (χ3v) is 5.83. The molecule has 0 spiro atoms. The molecular weight excluding hydrogens is 300 g/mol. The number of hydrogen-bond donors (Lipinski definition) is 0. The molecule has 0 radical (unpaired) electrons. The molecule has 1 amide bonds. The Hall–Kier alpha value is -1.55. The number of benzene rings is 1. The molecule has 0 N–H and O–H groups in total. The number of methoxy groups -OCH3 is 1. The van der Waals surface area contributed by atoms with E-state index in [4.69, 9.17) is 4.74 Å². The first-order valence-electron chi connectivity index (χ1n) is 9.07. The molecular formula is C20H30N2O2. The maximum Gasteiger partial charge on any atom is 0.222 e. The fourth-order valence-corrected chi connectivity index (χ4v) is 4.67. The summed E-state index contributed by atoms with van der Waals surface area (Å²) in [6, 6.07) is 6.90. The Balaban J connectivity index is 1.57. The Kier molecular flexibility index (Phi) is 5.14. The average Bonchev–Trinajstić information content (AvgIpc) is 2.84. The van der Waals surface area contributed by atoms with Crippen molar-refractivity contribution in [3.63, 3.8) is 0 Å². The lowest BCUT2D eigenvalue weighted by Crippen LogP contribution is -2.52. The first-order valence-corrected chi connectivity index (χ1v) is 9.07. The fourth-order valence-electron chi connectivity index (χ4n) is 4.67. The van der Waals surface area contributed by atoms with Crippen molar-refractivity contribution >= 4 is 5.91 Å². The number of hydrogen-bond acceptors (Lipinski definition) is 3. The molecule has 0 aromatic heterocycles. The Morgan fingerprint density at radius 2 is 1.92 bits per heavy atom. The smallest absolute Gasteiger partial charge is 0.222 e. The Bertz CT molecular complexity index is 585. The van der Waals surface area contributed by atoms with Gasteiger partial charge in [-0.05, 0) is 69.3 Å². The number of ether oxygens (including phenoxy) is 1. The van der Waals surface area contributed by atoms with Gasteiger partial charge in [0, 0.05) is 25.6 Å². The van der Waals surface area contributed by atoms with E-state index in [0.717, 1.165) is 30.8 Å². The van der Waals surface area contributed by atoms with Crippen molar-refractivity contribution in [2.75, 3.05) is 34.3 Å². The van der Waals surface area contributed by atoms with Crippen molar-refractivity contribution < 1.29 is 9.53 Å². The van der Waals surface area contributed by atoms with Crippen LogP contribution in [0.5, 0.6) is 5.75 Å². The highest BCUT2D eigenvalue weighted by Crippen LogP contribution is 2.39. The minimum atomic E-state index is 0.309. The van der Waals surface area contributed by atoms with Crippen LogP contribution < -0.4 is 4.74 Å². The van der Waals surface area contributed by atoms with Gasteiger partial charge < -0.3 is 14.5 Å². The van der Waals surface area contributed by atoms with Crippen LogP contribution in [0.3, 0.4) is 0 Å². The first kappa shape index (κ1) is 17.3. The first-order chi connectivity index (χ1) is 11.5. The van der Waals surface area contributed by atoms with Crippen LogP contribution in [0.25, 0.3) is 0 Å². The SMILES string of the molecule is COc1cc(CCC(=O)N2C[C@H]3CC[C@@H](C2)C3N(C)C)ccc1C. The van der Waals surface area contributed by atoms with E-state index in [1.54, 1.807) is 7.11 Å². The molecule has 2 fully saturated rings. The van der Waals surface area contributed by atoms with Gasteiger partial charge in [0.25, 0.3) is 0 Å². The van der Waals surface area contributed by atoms with Crippen molar-refractivity contribution in [2.45, 2.75) is 38.6 Å². The molecule has 1 aliphatic heterocycles. The van der Waals surface area contributed by atoms with E-state index in [0.29, 0.717) is 30.2 Å². The molecule has 1 aromatic rings. The molecule has 1 aliphatic carbocycles. The highest BCUT2D eigenvalue weighted by atomic mass is 16.5. The van der Waals surface area contributed by atoms with Crippen molar-refractivity contribution in [1.82, 2.24) is 9.80 Å². The van der Waals surface area contributed by atoms with E-state index < -0.39 is 0 Å². The van der Waals surface area contributed by atoms with Gasteiger partial charge in [-0.3, -0.25) is 4.79 Å². The molecule has 1 saturated carbocycles. The van der Waals surface area contributed by atoms with E-state index in [1.165, 1.54) is 18.4 Å². The molecule has 3 rings (SSSR count). The Morgan fingerprint density at radius 1 is 1.25 bits per heavy atom. The fraction of sp³-hybridized carbons (Fsp3) is 0.650. The van der Waals surface area contributed by atoms with E-state index >= 15 is 0 Å². The summed E-state index contributed by atoms with van der Waals surface area (Å²) in [6.07, 6.45) is 3.93. The van der Waals surface area contributed by atoms with Crippen molar-refractivity contribution in [1.29, 1.82) is 0 Å². The quantitative estimate of drug-likeness (QED) is 0.832. The van der Waals surface area contributed by atoms with Crippen molar-refractivity contribution in [3.8, 4) is 5.75 Å². The number of nitrogens with zero attached hydrogens (tertiary/aromatic N) is 2. The minimum absolute atomic E-state index is 0.309. The van der Waals surface area contributed by atoms with Crippen LogP contribution in [0.4, 0.5) is 0 Å². The predicted molar refractivity (Wildman–Crippen MR) is 96.3 cm³/mol. The number of likely N-dealkylation sites (tertiary alicyclic amines) is 1. The normalized spacial score (nSPS) is 26.0. The van der Waals surface area contributed by atoms with Crippen molar-refractivity contribution in [2.24, 2.45) is 11.8 Å². The molecule has 1 aromatic carbocycles. The topological polar surface area (TPSA) is 32.8 Å². The predicted octanol–water partition coefficient (Wildman–Crippen LogP) is 2.73. The van der Waals surface area contributed by atoms with Gasteiger partial charge >= 0.3 is 0 Å². The summed E-state index contributed by atoms with van der Waals surface area (Å²) >= 11 is 0. The minimum Gasteiger partial charge on any atom is -0.496 e. The summed E-state index contributed by atoms with van der Waals surface area (Å²) in [6.45, 7) is 3.92. The molecule has 2 bridgehead atoms. The number of fused-ring (bicyclic) bond motifs is 2. The van der Waals surface area contributed by atoms with Crippen LogP contribution in [-0.2, 0) is 11.2 Å². The lowest BCUT2D eigenvalue weighted by atomic mass is 9.91. The average molecular weight is 330 g/mol. The van der Waals surface area contributed by atoms with Crippen LogP contribution in [-0.4, -0.2) is 56.0 Å². The standard InChI is InChI=1S/C20H30N2O2/c1-14-5-6-15(11-18(14)24-4)7-10-19(23)22-12-16-8-9-17(13-22)20(16)21(2)3/h5-6,11,16-17,20H,7-10,12-13H2,1-4H3/t16-,17+,20?. The molecule has 3 atom stereocenters. The highest BCUT2D eigenvalue weighted by molar-refractivity contribution is 5.76. The molecule has 4 nitrogen and oxygen atoms in total. The van der Waals surface area contributed by atoms with E-state index in [2.05, 4.69) is 42.1 Å². The van der Waals surface area contributed by atoms with Crippen LogP contribution >= 0.6 is 0 Å². The number of carbonyl (C=O) groups is 1. The summed E-state index contributed by atoms with van der Waals surface area (Å²) in [4.78, 5) is 17.2. The zero-order valence-corrected chi connectivity index (χ0v) is 15.4. The third-order valence-electron chi connectivity index (χ3n) is 5.83. The summed E-state index contributed by atoms with van der Waals surface area (Å²) in [5.41, 5.74) is 2.31. The van der Waals surface area contributed by atoms with Gasteiger partial charge in [0.2, 0.25) is 5.91 Å². The van der Waals surface area contributed by atoms with Crippen LogP contribution in [0, 0.1) is 18.8 Å². The molecule has 4 heteroatoms. The number of amides is 1. The molecule has 2 aliphatic rings. The van der Waals surface area contributed by atoms with Crippen LogP contribution in [0.1, 0.15) is 30.4 Å². The second-order valence-corrected chi connectivity index (χ2v) is 7.65. The summed E-state index contributed by atoms with van der Waals surface area (Å²) in [5, 5.41) is 0. The number of rotatable bonds is 5.